The largest absolute Gasteiger partial charge is 0.386 e. The van der Waals surface area contributed by atoms with Crippen molar-refractivity contribution in [1.82, 2.24) is 4.90 Å². The molecule has 12 heavy (non-hydrogen) atoms. The third-order valence-electron chi connectivity index (χ3n) is 2.29. The van der Waals surface area contributed by atoms with Gasteiger partial charge in [0.25, 0.3) is 0 Å². The van der Waals surface area contributed by atoms with Gasteiger partial charge in [-0.3, -0.25) is 0 Å². The fourth-order valence-electron chi connectivity index (χ4n) is 1.56. The van der Waals surface area contributed by atoms with Crippen LogP contribution in [0.15, 0.2) is 0 Å². The van der Waals surface area contributed by atoms with E-state index in [-0.39, 0.29) is 12.1 Å². The molecule has 0 spiro atoms. The Kier molecular flexibility index (Phi) is 3.06. The van der Waals surface area contributed by atoms with Gasteiger partial charge < -0.3 is 19.8 Å². The SMILES string of the molecule is CC1CC(N(C)C)C(O)[C@@H](O)O1. The number of rotatable bonds is 1. The van der Waals surface area contributed by atoms with Crippen molar-refractivity contribution in [3.8, 4) is 0 Å². The molecule has 72 valence electrons. The van der Waals surface area contributed by atoms with Crippen molar-refractivity contribution >= 4 is 0 Å². The molecule has 4 heteroatoms. The van der Waals surface area contributed by atoms with Crippen molar-refractivity contribution in [2.45, 2.75) is 37.9 Å². The lowest BCUT2D eigenvalue weighted by Crippen LogP contribution is -2.53. The zero-order chi connectivity index (χ0) is 9.30. The standard InChI is InChI=1S/C8H17NO3/c1-5-4-6(9(2)3)7(10)8(11)12-5/h5-8,10-11H,4H2,1-3H3/t5?,6?,7?,8-/m0/s1. The van der Waals surface area contributed by atoms with Gasteiger partial charge in [-0.15, -0.1) is 0 Å². The van der Waals surface area contributed by atoms with E-state index in [4.69, 9.17) is 4.74 Å². The summed E-state index contributed by atoms with van der Waals surface area (Å²) in [6.07, 6.45) is -1.07. The highest BCUT2D eigenvalue weighted by Gasteiger charge is 2.35. The summed E-state index contributed by atoms with van der Waals surface area (Å²) in [6.45, 7) is 1.89. The lowest BCUT2D eigenvalue weighted by atomic mass is 9.99. The minimum Gasteiger partial charge on any atom is -0.386 e. The first-order chi connectivity index (χ1) is 5.52. The molecule has 1 aliphatic heterocycles. The van der Waals surface area contributed by atoms with E-state index in [0.717, 1.165) is 6.42 Å². The van der Waals surface area contributed by atoms with Crippen LogP contribution in [0.25, 0.3) is 0 Å². The van der Waals surface area contributed by atoms with Gasteiger partial charge >= 0.3 is 0 Å². The van der Waals surface area contributed by atoms with E-state index in [1.54, 1.807) is 0 Å². The second-order valence-corrected chi connectivity index (χ2v) is 3.59. The molecule has 0 amide bonds. The number of ether oxygens (including phenoxy) is 1. The van der Waals surface area contributed by atoms with Crippen molar-refractivity contribution in [1.29, 1.82) is 0 Å². The average molecular weight is 175 g/mol. The number of nitrogens with zero attached hydrogens (tertiary/aromatic N) is 1. The fraction of sp³-hybridized carbons (Fsp3) is 1.00. The molecule has 0 radical (unpaired) electrons. The highest BCUT2D eigenvalue weighted by Crippen LogP contribution is 2.21. The smallest absolute Gasteiger partial charge is 0.182 e. The Hall–Kier alpha value is -0.160. The van der Waals surface area contributed by atoms with Gasteiger partial charge in [0, 0.05) is 6.04 Å². The topological polar surface area (TPSA) is 52.9 Å². The fourth-order valence-corrected chi connectivity index (χ4v) is 1.56. The van der Waals surface area contributed by atoms with E-state index >= 15 is 0 Å². The lowest BCUT2D eigenvalue weighted by Gasteiger charge is -2.38. The van der Waals surface area contributed by atoms with Crippen LogP contribution in [0.3, 0.4) is 0 Å². The third-order valence-corrected chi connectivity index (χ3v) is 2.29. The summed E-state index contributed by atoms with van der Waals surface area (Å²) in [5, 5.41) is 18.8. The molecule has 4 nitrogen and oxygen atoms in total. The Balaban J connectivity index is 2.60. The van der Waals surface area contributed by atoms with E-state index in [1.165, 1.54) is 0 Å². The maximum Gasteiger partial charge on any atom is 0.182 e. The van der Waals surface area contributed by atoms with Gasteiger partial charge in [-0.05, 0) is 27.4 Å². The molecule has 1 saturated heterocycles. The highest BCUT2D eigenvalue weighted by molar-refractivity contribution is 4.84. The molecular formula is C8H17NO3. The molecular weight excluding hydrogens is 158 g/mol. The molecule has 1 rings (SSSR count). The van der Waals surface area contributed by atoms with Crippen molar-refractivity contribution < 1.29 is 14.9 Å². The van der Waals surface area contributed by atoms with Gasteiger partial charge in [-0.1, -0.05) is 0 Å². The first-order valence-electron chi connectivity index (χ1n) is 4.20. The lowest BCUT2D eigenvalue weighted by molar-refractivity contribution is -0.230. The summed E-state index contributed by atoms with van der Waals surface area (Å²) in [4.78, 5) is 1.91. The van der Waals surface area contributed by atoms with Crippen LogP contribution in [0.1, 0.15) is 13.3 Å². The molecule has 1 aliphatic rings. The second kappa shape index (κ2) is 3.70. The van der Waals surface area contributed by atoms with Crippen molar-refractivity contribution in [3.05, 3.63) is 0 Å². The predicted molar refractivity (Wildman–Crippen MR) is 44.7 cm³/mol. The van der Waals surface area contributed by atoms with Crippen LogP contribution >= 0.6 is 0 Å². The van der Waals surface area contributed by atoms with Gasteiger partial charge in [0.1, 0.15) is 6.10 Å². The number of aliphatic hydroxyl groups excluding tert-OH is 2. The predicted octanol–water partition coefficient (Wildman–Crippen LogP) is -0.595. The van der Waals surface area contributed by atoms with Crippen LogP contribution in [-0.2, 0) is 4.74 Å². The molecule has 0 aromatic carbocycles. The quantitative estimate of drug-likeness (QED) is 0.559. The van der Waals surface area contributed by atoms with Crippen LogP contribution in [0.5, 0.6) is 0 Å². The first kappa shape index (κ1) is 9.92. The Labute approximate surface area is 72.7 Å². The van der Waals surface area contributed by atoms with Crippen molar-refractivity contribution in [3.63, 3.8) is 0 Å². The molecule has 0 bridgehead atoms. The summed E-state index contributed by atoms with van der Waals surface area (Å²) in [7, 11) is 3.78. The van der Waals surface area contributed by atoms with Crippen LogP contribution in [0.4, 0.5) is 0 Å². The van der Waals surface area contributed by atoms with E-state index in [2.05, 4.69) is 0 Å². The zero-order valence-corrected chi connectivity index (χ0v) is 7.77. The number of hydrogen-bond donors (Lipinski definition) is 2. The molecule has 2 N–H and O–H groups in total. The summed E-state index contributed by atoms with van der Waals surface area (Å²) >= 11 is 0. The van der Waals surface area contributed by atoms with Gasteiger partial charge in [-0.2, -0.15) is 0 Å². The van der Waals surface area contributed by atoms with Gasteiger partial charge in [0.05, 0.1) is 6.10 Å². The number of likely N-dealkylation sites (N-methyl/N-ethyl adjacent to an activating group) is 1. The molecule has 0 saturated carbocycles. The minimum atomic E-state index is -1.04. The normalized spacial score (nSPS) is 43.5. The zero-order valence-electron chi connectivity index (χ0n) is 7.77. The molecule has 1 fully saturated rings. The first-order valence-corrected chi connectivity index (χ1v) is 4.20. The molecule has 0 aromatic heterocycles. The van der Waals surface area contributed by atoms with Crippen LogP contribution in [0, 0.1) is 0 Å². The Bertz CT molecular complexity index is 151. The Morgan fingerprint density at radius 1 is 1.33 bits per heavy atom. The van der Waals surface area contributed by atoms with Gasteiger partial charge in [0.2, 0.25) is 0 Å². The summed E-state index contributed by atoms with van der Waals surface area (Å²) in [6, 6.07) is -0.0104. The van der Waals surface area contributed by atoms with Crippen molar-refractivity contribution in [2.24, 2.45) is 0 Å². The summed E-state index contributed by atoms with van der Waals surface area (Å²) in [5.74, 6) is 0. The van der Waals surface area contributed by atoms with Gasteiger partial charge in [0.15, 0.2) is 6.29 Å². The average Bonchev–Trinajstić information content (AvgIpc) is 1.96. The minimum absolute atomic E-state index is 0.01000. The maximum atomic E-state index is 9.51. The van der Waals surface area contributed by atoms with E-state index in [1.807, 2.05) is 25.9 Å². The van der Waals surface area contributed by atoms with Crippen LogP contribution in [-0.4, -0.2) is 53.7 Å². The maximum absolute atomic E-state index is 9.51. The van der Waals surface area contributed by atoms with E-state index in [0.29, 0.717) is 0 Å². The van der Waals surface area contributed by atoms with E-state index in [9.17, 15) is 10.2 Å². The Morgan fingerprint density at radius 2 is 1.92 bits per heavy atom. The van der Waals surface area contributed by atoms with Crippen LogP contribution in [0.2, 0.25) is 0 Å². The van der Waals surface area contributed by atoms with Crippen LogP contribution < -0.4 is 0 Å². The van der Waals surface area contributed by atoms with E-state index < -0.39 is 12.4 Å². The summed E-state index contributed by atoms with van der Waals surface area (Å²) < 4.78 is 5.06. The summed E-state index contributed by atoms with van der Waals surface area (Å²) in [5.41, 5.74) is 0. The number of aliphatic hydroxyl groups is 2. The van der Waals surface area contributed by atoms with Gasteiger partial charge in [-0.25, -0.2) is 0 Å². The third kappa shape index (κ3) is 1.95. The highest BCUT2D eigenvalue weighted by atomic mass is 16.6. The molecule has 1 heterocycles. The molecule has 0 aromatic rings. The number of hydrogen-bond acceptors (Lipinski definition) is 4. The molecule has 0 aliphatic carbocycles. The second-order valence-electron chi connectivity index (χ2n) is 3.59. The monoisotopic (exact) mass is 175 g/mol. The molecule has 4 atom stereocenters. The van der Waals surface area contributed by atoms with Crippen molar-refractivity contribution in [2.75, 3.05) is 14.1 Å². The Morgan fingerprint density at radius 3 is 2.42 bits per heavy atom. The molecule has 3 unspecified atom stereocenters.